The fraction of sp³-hybridized carbons (Fsp3) is 0.414. The number of ether oxygens (including phenoxy) is 2. The molecule has 5 heteroatoms. The van der Waals surface area contributed by atoms with Crippen molar-refractivity contribution in [2.45, 2.75) is 69.9 Å². The number of allylic oxidation sites excluding steroid dienone is 1. The molecule has 0 radical (unpaired) electrons. The Morgan fingerprint density at radius 1 is 1.03 bits per heavy atom. The number of benzene rings is 2. The standard InChI is InChI=1S/C29H39NO3Si/c1-6-18-34(4,5)22-27-23(3)28(32-20-24-14-10-8-11-15-24)19-26(7-2)30(27)29(31)33-21-25-16-12-9-13-17-25/h6-17,23,26-28H,1-2,18-22H2,3-5H3/t23-,26+,27-,28+/m1/s1. The molecule has 0 unspecified atom stereocenters. The number of carbonyl (C=O) groups excluding carboxylic acids is 1. The molecular weight excluding hydrogens is 438 g/mol. The minimum absolute atomic E-state index is 0.0300. The van der Waals surface area contributed by atoms with Gasteiger partial charge in [-0.15, -0.1) is 13.2 Å². The van der Waals surface area contributed by atoms with Gasteiger partial charge in [-0.25, -0.2) is 4.79 Å². The lowest BCUT2D eigenvalue weighted by Crippen LogP contribution is -2.59. The lowest BCUT2D eigenvalue weighted by Gasteiger charge is -2.49. The molecule has 0 aliphatic carbocycles. The molecule has 3 rings (SSSR count). The molecule has 0 N–H and O–H groups in total. The predicted octanol–water partition coefficient (Wildman–Crippen LogP) is 7.07. The maximum absolute atomic E-state index is 13.4. The monoisotopic (exact) mass is 477 g/mol. The van der Waals surface area contributed by atoms with E-state index in [2.05, 4.69) is 45.3 Å². The summed E-state index contributed by atoms with van der Waals surface area (Å²) in [6.07, 6.45) is 4.39. The van der Waals surface area contributed by atoms with Crippen LogP contribution in [0.15, 0.2) is 86.0 Å². The van der Waals surface area contributed by atoms with E-state index < -0.39 is 8.07 Å². The molecule has 2 aromatic rings. The lowest BCUT2D eigenvalue weighted by molar-refractivity contribution is -0.0687. The fourth-order valence-corrected chi connectivity index (χ4v) is 7.56. The topological polar surface area (TPSA) is 38.8 Å². The first-order chi connectivity index (χ1) is 16.3. The van der Waals surface area contributed by atoms with Crippen LogP contribution in [0.25, 0.3) is 0 Å². The molecule has 34 heavy (non-hydrogen) atoms. The van der Waals surface area contributed by atoms with Gasteiger partial charge >= 0.3 is 6.09 Å². The first kappa shape index (κ1) is 26.0. The molecule has 4 nitrogen and oxygen atoms in total. The maximum Gasteiger partial charge on any atom is 0.410 e. The Labute approximate surface area is 206 Å². The van der Waals surface area contributed by atoms with Crippen LogP contribution in [-0.4, -0.2) is 37.3 Å². The van der Waals surface area contributed by atoms with Gasteiger partial charge in [0.2, 0.25) is 0 Å². The number of rotatable bonds is 10. The van der Waals surface area contributed by atoms with Gasteiger partial charge in [0.15, 0.2) is 0 Å². The zero-order valence-electron chi connectivity index (χ0n) is 20.9. The van der Waals surface area contributed by atoms with Crippen molar-refractivity contribution >= 4 is 14.2 Å². The van der Waals surface area contributed by atoms with Crippen LogP contribution in [0.3, 0.4) is 0 Å². The number of piperidine rings is 1. The molecule has 182 valence electrons. The SMILES string of the molecule is C=CC[Si](C)(C)C[C@@H]1[C@@H](C)[C@@H](OCc2ccccc2)C[C@H](C=C)N1C(=O)OCc1ccccc1. The van der Waals surface area contributed by atoms with Crippen molar-refractivity contribution in [2.24, 2.45) is 5.92 Å². The summed E-state index contributed by atoms with van der Waals surface area (Å²) in [4.78, 5) is 15.4. The largest absolute Gasteiger partial charge is 0.445 e. The highest BCUT2D eigenvalue weighted by Gasteiger charge is 2.45. The number of hydrogen-bond acceptors (Lipinski definition) is 3. The van der Waals surface area contributed by atoms with Crippen LogP contribution in [0.4, 0.5) is 4.79 Å². The van der Waals surface area contributed by atoms with Crippen molar-refractivity contribution in [3.8, 4) is 0 Å². The highest BCUT2D eigenvalue weighted by Crippen LogP contribution is 2.37. The van der Waals surface area contributed by atoms with Crippen molar-refractivity contribution in [2.75, 3.05) is 0 Å². The Balaban J connectivity index is 1.80. The van der Waals surface area contributed by atoms with Crippen LogP contribution in [-0.2, 0) is 22.7 Å². The highest BCUT2D eigenvalue weighted by molar-refractivity contribution is 6.78. The van der Waals surface area contributed by atoms with E-state index in [0.717, 1.165) is 29.6 Å². The van der Waals surface area contributed by atoms with Crippen LogP contribution in [0, 0.1) is 5.92 Å². The molecule has 0 aromatic heterocycles. The summed E-state index contributed by atoms with van der Waals surface area (Å²) in [6, 6.07) is 22.0. The van der Waals surface area contributed by atoms with Crippen molar-refractivity contribution < 1.29 is 14.3 Å². The summed E-state index contributed by atoms with van der Waals surface area (Å²) in [5.74, 6) is 0.181. The van der Waals surface area contributed by atoms with Crippen LogP contribution in [0.5, 0.6) is 0 Å². The Morgan fingerprint density at radius 2 is 1.62 bits per heavy atom. The molecule has 1 aliphatic rings. The van der Waals surface area contributed by atoms with Gasteiger partial charge in [-0.1, -0.05) is 92.8 Å². The molecule has 1 aliphatic heterocycles. The van der Waals surface area contributed by atoms with Gasteiger partial charge in [-0.3, -0.25) is 4.90 Å². The average molecular weight is 478 g/mol. The number of likely N-dealkylation sites (tertiary alicyclic amines) is 1. The molecule has 2 aromatic carbocycles. The number of nitrogens with zero attached hydrogens (tertiary/aromatic N) is 1. The zero-order chi connectivity index (χ0) is 24.6. The van der Waals surface area contributed by atoms with E-state index >= 15 is 0 Å². The summed E-state index contributed by atoms with van der Waals surface area (Å²) in [7, 11) is -1.62. The Bertz CT molecular complexity index is 931. The van der Waals surface area contributed by atoms with Gasteiger partial charge in [0, 0.05) is 12.0 Å². The molecule has 1 saturated heterocycles. The predicted molar refractivity (Wildman–Crippen MR) is 142 cm³/mol. The maximum atomic E-state index is 13.4. The van der Waals surface area contributed by atoms with E-state index in [1.807, 2.05) is 65.6 Å². The second-order valence-corrected chi connectivity index (χ2v) is 15.3. The molecular formula is C29H39NO3Si. The Kier molecular flexibility index (Phi) is 9.31. The summed E-state index contributed by atoms with van der Waals surface area (Å²) < 4.78 is 12.3. The number of amides is 1. The first-order valence-electron chi connectivity index (χ1n) is 12.2. The Hall–Kier alpha value is -2.63. The van der Waals surface area contributed by atoms with Gasteiger partial charge in [-0.05, 0) is 29.6 Å². The minimum Gasteiger partial charge on any atom is -0.445 e. The van der Waals surface area contributed by atoms with Crippen molar-refractivity contribution in [3.63, 3.8) is 0 Å². The summed E-state index contributed by atoms with van der Waals surface area (Å²) >= 11 is 0. The molecule has 0 saturated carbocycles. The van der Waals surface area contributed by atoms with E-state index in [1.54, 1.807) is 0 Å². The van der Waals surface area contributed by atoms with Gasteiger partial charge in [0.05, 0.1) is 26.8 Å². The van der Waals surface area contributed by atoms with Gasteiger partial charge in [0.1, 0.15) is 6.61 Å². The third-order valence-corrected chi connectivity index (χ3v) is 9.75. The van der Waals surface area contributed by atoms with Crippen LogP contribution >= 0.6 is 0 Å². The quantitative estimate of drug-likeness (QED) is 0.271. The van der Waals surface area contributed by atoms with Gasteiger partial charge in [0.25, 0.3) is 0 Å². The van der Waals surface area contributed by atoms with E-state index in [0.29, 0.717) is 6.61 Å². The lowest BCUT2D eigenvalue weighted by atomic mass is 9.85. The molecule has 4 atom stereocenters. The molecule has 1 amide bonds. The zero-order valence-corrected chi connectivity index (χ0v) is 21.9. The first-order valence-corrected chi connectivity index (χ1v) is 15.6. The second-order valence-electron chi connectivity index (χ2n) is 10.1. The second kappa shape index (κ2) is 12.2. The summed E-state index contributed by atoms with van der Waals surface area (Å²) in [6.45, 7) is 15.8. The van der Waals surface area contributed by atoms with E-state index in [4.69, 9.17) is 9.47 Å². The molecule has 0 spiro atoms. The van der Waals surface area contributed by atoms with Crippen LogP contribution in [0.2, 0.25) is 25.2 Å². The third kappa shape index (κ3) is 6.94. The number of carbonyl (C=O) groups is 1. The van der Waals surface area contributed by atoms with Crippen molar-refractivity contribution in [1.29, 1.82) is 0 Å². The van der Waals surface area contributed by atoms with Gasteiger partial charge in [-0.2, -0.15) is 0 Å². The summed E-state index contributed by atoms with van der Waals surface area (Å²) in [5, 5.41) is 0. The molecule has 0 bridgehead atoms. The smallest absolute Gasteiger partial charge is 0.410 e. The Morgan fingerprint density at radius 3 is 2.18 bits per heavy atom. The average Bonchev–Trinajstić information content (AvgIpc) is 2.84. The van der Waals surface area contributed by atoms with E-state index in [-0.39, 0.29) is 36.8 Å². The molecule has 1 heterocycles. The van der Waals surface area contributed by atoms with Crippen LogP contribution < -0.4 is 0 Å². The van der Waals surface area contributed by atoms with Gasteiger partial charge < -0.3 is 9.47 Å². The van der Waals surface area contributed by atoms with Crippen LogP contribution in [0.1, 0.15) is 24.5 Å². The number of hydrogen-bond donors (Lipinski definition) is 0. The molecule has 1 fully saturated rings. The fourth-order valence-electron chi connectivity index (χ4n) is 4.91. The normalized spacial score (nSPS) is 22.7. The van der Waals surface area contributed by atoms with Crippen molar-refractivity contribution in [1.82, 2.24) is 4.90 Å². The van der Waals surface area contributed by atoms with E-state index in [1.165, 1.54) is 0 Å². The van der Waals surface area contributed by atoms with Crippen molar-refractivity contribution in [3.05, 3.63) is 97.1 Å². The summed E-state index contributed by atoms with van der Waals surface area (Å²) in [5.41, 5.74) is 2.14. The van der Waals surface area contributed by atoms with E-state index in [9.17, 15) is 4.79 Å². The highest BCUT2D eigenvalue weighted by atomic mass is 28.3. The third-order valence-electron chi connectivity index (χ3n) is 6.84. The minimum atomic E-state index is -1.62.